The highest BCUT2D eigenvalue weighted by molar-refractivity contribution is 7.99. The van der Waals surface area contributed by atoms with Crippen molar-refractivity contribution >= 4 is 29.5 Å². The van der Waals surface area contributed by atoms with Gasteiger partial charge in [-0.25, -0.2) is 4.79 Å². The van der Waals surface area contributed by atoms with Crippen LogP contribution in [0, 0.1) is 11.8 Å². The van der Waals surface area contributed by atoms with Crippen molar-refractivity contribution in [3.63, 3.8) is 0 Å². The lowest BCUT2D eigenvalue weighted by molar-refractivity contribution is -0.298. The van der Waals surface area contributed by atoms with Crippen LogP contribution in [0.2, 0.25) is 0 Å². The van der Waals surface area contributed by atoms with Gasteiger partial charge in [0.1, 0.15) is 0 Å². The molecule has 1 aliphatic rings. The number of benzene rings is 2. The maximum absolute atomic E-state index is 12.8. The highest BCUT2D eigenvalue weighted by Crippen LogP contribution is 2.38. The molecule has 1 fully saturated rings. The zero-order valence-electron chi connectivity index (χ0n) is 24.2. The standard InChI is InChI=1S/C31H42N2O7S/c1-5-41-17-9-16-39-31(30(37)38)18-20(2)27(33-22(4)34)28(40-31)21(3)26(35)19-32-29(36)25-14-12-24(13-15-25)23-10-7-6-8-11-23/h6-8,10-15,20-21,26-28,35H,5,9,16-19H2,1-4H3,(H,32,36)(H,33,34)(H,37,38)/t20-,21+,26+,27+,28?,31+/m0/s1. The van der Waals surface area contributed by atoms with E-state index in [4.69, 9.17) is 9.47 Å². The number of nitrogens with one attached hydrogen (secondary N) is 2. The van der Waals surface area contributed by atoms with Gasteiger partial charge in [0, 0.05) is 31.4 Å². The first-order valence-electron chi connectivity index (χ1n) is 14.1. The lowest BCUT2D eigenvalue weighted by atomic mass is 9.80. The van der Waals surface area contributed by atoms with Crippen LogP contribution in [0.3, 0.4) is 0 Å². The number of rotatable bonds is 14. The summed E-state index contributed by atoms with van der Waals surface area (Å²) in [5.74, 6) is -2.93. The van der Waals surface area contributed by atoms with Crippen molar-refractivity contribution in [3.8, 4) is 11.1 Å². The van der Waals surface area contributed by atoms with Crippen LogP contribution in [0.15, 0.2) is 54.6 Å². The summed E-state index contributed by atoms with van der Waals surface area (Å²) < 4.78 is 12.0. The number of aliphatic carboxylic acids is 1. The molecule has 2 aromatic rings. The highest BCUT2D eigenvalue weighted by Gasteiger charge is 2.54. The van der Waals surface area contributed by atoms with Crippen LogP contribution >= 0.6 is 11.8 Å². The molecule has 0 aromatic heterocycles. The summed E-state index contributed by atoms with van der Waals surface area (Å²) >= 11 is 1.74. The second kappa shape index (κ2) is 15.3. The van der Waals surface area contributed by atoms with Gasteiger partial charge in [0.05, 0.1) is 24.9 Å². The Kier molecular flexibility index (Phi) is 12.2. The normalized spacial score (nSPS) is 23.8. The van der Waals surface area contributed by atoms with E-state index in [-0.39, 0.29) is 37.3 Å². The molecule has 0 spiro atoms. The lowest BCUT2D eigenvalue weighted by Gasteiger charge is -2.48. The Bertz CT molecular complexity index is 1150. The Balaban J connectivity index is 1.69. The summed E-state index contributed by atoms with van der Waals surface area (Å²) in [6.45, 7) is 7.11. The Morgan fingerprint density at radius 2 is 1.78 bits per heavy atom. The molecule has 1 unspecified atom stereocenters. The summed E-state index contributed by atoms with van der Waals surface area (Å²) in [6, 6.07) is 16.5. The van der Waals surface area contributed by atoms with Crippen LogP contribution in [0.1, 0.15) is 50.9 Å². The number of aliphatic hydroxyl groups excluding tert-OH is 1. The Morgan fingerprint density at radius 1 is 1.12 bits per heavy atom. The number of carboxylic acid groups (broad SMARTS) is 1. The molecule has 3 rings (SSSR count). The van der Waals surface area contributed by atoms with Crippen LogP contribution in [-0.4, -0.2) is 76.7 Å². The van der Waals surface area contributed by atoms with E-state index < -0.39 is 35.9 Å². The van der Waals surface area contributed by atoms with Crippen molar-refractivity contribution in [1.82, 2.24) is 10.6 Å². The molecule has 9 nitrogen and oxygen atoms in total. The number of carboxylic acids is 1. The van der Waals surface area contributed by atoms with E-state index in [0.29, 0.717) is 12.0 Å². The van der Waals surface area contributed by atoms with Gasteiger partial charge in [-0.15, -0.1) is 0 Å². The van der Waals surface area contributed by atoms with E-state index in [9.17, 15) is 24.6 Å². The second-order valence-corrected chi connectivity index (χ2v) is 11.9. The number of thioether (sulfide) groups is 1. The molecule has 2 aromatic carbocycles. The van der Waals surface area contributed by atoms with Gasteiger partial charge >= 0.3 is 5.97 Å². The van der Waals surface area contributed by atoms with E-state index >= 15 is 0 Å². The van der Waals surface area contributed by atoms with Gasteiger partial charge in [0.2, 0.25) is 5.91 Å². The van der Waals surface area contributed by atoms with E-state index in [1.54, 1.807) is 30.8 Å². The molecule has 0 bridgehead atoms. The minimum atomic E-state index is -1.90. The first-order valence-corrected chi connectivity index (χ1v) is 15.2. The number of amides is 2. The minimum absolute atomic E-state index is 0.0449. The molecular weight excluding hydrogens is 544 g/mol. The third kappa shape index (κ3) is 8.78. The zero-order chi connectivity index (χ0) is 30.0. The minimum Gasteiger partial charge on any atom is -0.477 e. The highest BCUT2D eigenvalue weighted by atomic mass is 32.2. The summed E-state index contributed by atoms with van der Waals surface area (Å²) in [4.78, 5) is 37.3. The molecule has 1 heterocycles. The van der Waals surface area contributed by atoms with E-state index in [1.165, 1.54) is 6.92 Å². The van der Waals surface area contributed by atoms with Crippen LogP contribution in [0.25, 0.3) is 11.1 Å². The molecule has 0 saturated carbocycles. The van der Waals surface area contributed by atoms with E-state index in [0.717, 1.165) is 22.6 Å². The summed E-state index contributed by atoms with van der Waals surface area (Å²) in [5.41, 5.74) is 2.47. The molecule has 224 valence electrons. The molecule has 41 heavy (non-hydrogen) atoms. The first kappa shape index (κ1) is 32.6. The maximum Gasteiger partial charge on any atom is 0.364 e. The Labute approximate surface area is 246 Å². The van der Waals surface area contributed by atoms with Gasteiger partial charge < -0.3 is 30.3 Å². The fourth-order valence-corrected chi connectivity index (χ4v) is 5.70. The molecule has 4 N–H and O–H groups in total. The number of carbonyl (C=O) groups is 3. The largest absolute Gasteiger partial charge is 0.477 e. The quantitative estimate of drug-likeness (QED) is 0.245. The van der Waals surface area contributed by atoms with E-state index in [1.807, 2.05) is 49.4 Å². The van der Waals surface area contributed by atoms with Crippen molar-refractivity contribution < 1.29 is 34.1 Å². The van der Waals surface area contributed by atoms with Gasteiger partial charge in [-0.1, -0.05) is 63.2 Å². The molecule has 0 aliphatic carbocycles. The van der Waals surface area contributed by atoms with Crippen LogP contribution < -0.4 is 10.6 Å². The monoisotopic (exact) mass is 586 g/mol. The van der Waals surface area contributed by atoms with Gasteiger partial charge in [0.25, 0.3) is 11.7 Å². The van der Waals surface area contributed by atoms with Crippen molar-refractivity contribution in [2.45, 2.75) is 64.6 Å². The Morgan fingerprint density at radius 3 is 2.39 bits per heavy atom. The third-order valence-corrected chi connectivity index (χ3v) is 8.39. The average Bonchev–Trinajstić information content (AvgIpc) is 2.96. The fraction of sp³-hybridized carbons (Fsp3) is 0.516. The van der Waals surface area contributed by atoms with Crippen LogP contribution in [0.5, 0.6) is 0 Å². The lowest BCUT2D eigenvalue weighted by Crippen LogP contribution is -2.64. The summed E-state index contributed by atoms with van der Waals surface area (Å²) in [5, 5.41) is 26.9. The molecular formula is C31H42N2O7S. The van der Waals surface area contributed by atoms with Crippen molar-refractivity contribution in [2.75, 3.05) is 24.7 Å². The van der Waals surface area contributed by atoms with Crippen LogP contribution in [-0.2, 0) is 19.1 Å². The molecule has 1 saturated heterocycles. The molecule has 1 aliphatic heterocycles. The van der Waals surface area contributed by atoms with Gasteiger partial charge in [0.15, 0.2) is 0 Å². The maximum atomic E-state index is 12.8. The van der Waals surface area contributed by atoms with Gasteiger partial charge in [-0.05, 0) is 47.1 Å². The molecule has 10 heteroatoms. The number of aliphatic hydroxyl groups is 1. The second-order valence-electron chi connectivity index (χ2n) is 10.5. The molecule has 0 radical (unpaired) electrons. The Hall–Kier alpha value is -2.92. The van der Waals surface area contributed by atoms with Crippen molar-refractivity contribution in [2.24, 2.45) is 11.8 Å². The van der Waals surface area contributed by atoms with Crippen molar-refractivity contribution in [1.29, 1.82) is 0 Å². The topological polar surface area (TPSA) is 134 Å². The van der Waals surface area contributed by atoms with Crippen LogP contribution in [0.4, 0.5) is 0 Å². The predicted molar refractivity (Wildman–Crippen MR) is 160 cm³/mol. The number of ether oxygens (including phenoxy) is 2. The molecule has 2 amide bonds. The van der Waals surface area contributed by atoms with Gasteiger partial charge in [-0.2, -0.15) is 11.8 Å². The summed E-state index contributed by atoms with van der Waals surface area (Å²) in [6.07, 6.45) is -1.24. The average molecular weight is 587 g/mol. The predicted octanol–water partition coefficient (Wildman–Crippen LogP) is 3.95. The number of carbonyl (C=O) groups excluding carboxylic acids is 2. The number of hydrogen-bond acceptors (Lipinski definition) is 7. The molecule has 6 atom stereocenters. The van der Waals surface area contributed by atoms with E-state index in [2.05, 4.69) is 17.6 Å². The van der Waals surface area contributed by atoms with Gasteiger partial charge in [-0.3, -0.25) is 9.59 Å². The smallest absolute Gasteiger partial charge is 0.364 e. The fourth-order valence-electron chi connectivity index (χ4n) is 5.09. The SMILES string of the molecule is CCSCCCO[C@]1(C(=O)O)C[C@H](C)[C@@H](NC(C)=O)C([C@H](C)[C@H](O)CNC(=O)c2ccc(-c3ccccc3)cc2)O1. The third-order valence-electron chi connectivity index (χ3n) is 7.40. The zero-order valence-corrected chi connectivity index (χ0v) is 25.0. The van der Waals surface area contributed by atoms with Crippen molar-refractivity contribution in [3.05, 3.63) is 60.2 Å². The first-order chi connectivity index (χ1) is 19.6. The summed E-state index contributed by atoms with van der Waals surface area (Å²) in [7, 11) is 0. The number of hydrogen-bond donors (Lipinski definition) is 4.